The summed E-state index contributed by atoms with van der Waals surface area (Å²) in [5.74, 6) is -0.402. The van der Waals surface area contributed by atoms with Crippen molar-refractivity contribution in [3.8, 4) is 0 Å². The van der Waals surface area contributed by atoms with E-state index in [0.29, 0.717) is 31.4 Å². The van der Waals surface area contributed by atoms with E-state index in [-0.39, 0.29) is 5.69 Å². The zero-order valence-electron chi connectivity index (χ0n) is 11.1. The minimum Gasteiger partial charge on any atom is -0.375 e. The summed E-state index contributed by atoms with van der Waals surface area (Å²) in [7, 11) is 0. The second-order valence-electron chi connectivity index (χ2n) is 4.30. The number of nitro groups is 1. The van der Waals surface area contributed by atoms with Gasteiger partial charge in [-0.25, -0.2) is 4.98 Å². The van der Waals surface area contributed by atoms with Crippen LogP contribution in [0.1, 0.15) is 20.9 Å². The minimum atomic E-state index is -0.493. The van der Waals surface area contributed by atoms with Crippen LogP contribution >= 0.6 is 27.3 Å². The van der Waals surface area contributed by atoms with Gasteiger partial charge in [-0.05, 0) is 35.8 Å². The Labute approximate surface area is 132 Å². The van der Waals surface area contributed by atoms with E-state index < -0.39 is 10.8 Å². The lowest BCUT2D eigenvalue weighted by molar-refractivity contribution is -0.385. The number of anilines is 2. The number of benzene rings is 1. The minimum absolute atomic E-state index is 0.0611. The average molecular weight is 371 g/mol. The van der Waals surface area contributed by atoms with Gasteiger partial charge >= 0.3 is 0 Å². The van der Waals surface area contributed by atoms with Gasteiger partial charge in [0.1, 0.15) is 4.88 Å². The van der Waals surface area contributed by atoms with E-state index in [4.69, 9.17) is 5.73 Å². The molecule has 0 fully saturated rings. The molecule has 7 nitrogen and oxygen atoms in total. The number of nitro benzene ring substituents is 1. The summed E-state index contributed by atoms with van der Waals surface area (Å²) in [6.45, 7) is 3.30. The first-order valence-corrected chi connectivity index (χ1v) is 7.39. The molecule has 0 unspecified atom stereocenters. The summed E-state index contributed by atoms with van der Waals surface area (Å²) >= 11 is 4.35. The largest absolute Gasteiger partial charge is 0.375 e. The first-order valence-electron chi connectivity index (χ1n) is 5.78. The zero-order chi connectivity index (χ0) is 15.7. The second kappa shape index (κ2) is 5.78. The number of nitrogens with zero attached hydrogens (tertiary/aromatic N) is 2. The van der Waals surface area contributed by atoms with E-state index in [2.05, 4.69) is 26.2 Å². The maximum absolute atomic E-state index is 12.2. The standard InChI is InChI=1S/C12H11BrN4O3S/c1-5-3-7(13)8(4-9(5)17(19)20)16-11(18)10-6(2)15-12(14)21-10/h3-4H,1-2H3,(H2,14,15)(H,16,18). The number of nitrogens with one attached hydrogen (secondary N) is 1. The number of carbonyl (C=O) groups excluding carboxylic acids is 1. The maximum Gasteiger partial charge on any atom is 0.274 e. The Morgan fingerprint density at radius 3 is 2.67 bits per heavy atom. The number of nitrogens with two attached hydrogens (primary N) is 1. The van der Waals surface area contributed by atoms with E-state index in [1.165, 1.54) is 6.07 Å². The first-order chi connectivity index (χ1) is 9.79. The van der Waals surface area contributed by atoms with Gasteiger partial charge in [0.25, 0.3) is 11.6 Å². The van der Waals surface area contributed by atoms with Gasteiger partial charge < -0.3 is 11.1 Å². The number of amides is 1. The highest BCUT2D eigenvalue weighted by molar-refractivity contribution is 9.10. The summed E-state index contributed by atoms with van der Waals surface area (Å²) in [4.78, 5) is 27.0. The van der Waals surface area contributed by atoms with Gasteiger partial charge in [-0.2, -0.15) is 0 Å². The quantitative estimate of drug-likeness (QED) is 0.635. The van der Waals surface area contributed by atoms with Gasteiger partial charge in [0.15, 0.2) is 5.13 Å². The van der Waals surface area contributed by atoms with Crippen LogP contribution in [0.4, 0.5) is 16.5 Å². The fraction of sp³-hybridized carbons (Fsp3) is 0.167. The molecule has 0 atom stereocenters. The second-order valence-corrected chi connectivity index (χ2v) is 6.18. The highest BCUT2D eigenvalue weighted by atomic mass is 79.9. The third-order valence-corrected chi connectivity index (χ3v) is 4.39. The normalized spacial score (nSPS) is 10.4. The molecule has 1 aromatic carbocycles. The molecule has 3 N–H and O–H groups in total. The highest BCUT2D eigenvalue weighted by Crippen LogP contribution is 2.31. The van der Waals surface area contributed by atoms with Gasteiger partial charge in [0, 0.05) is 16.1 Å². The van der Waals surface area contributed by atoms with Gasteiger partial charge in [-0.15, -0.1) is 0 Å². The number of aromatic nitrogens is 1. The summed E-state index contributed by atoms with van der Waals surface area (Å²) in [6, 6.07) is 2.90. The molecule has 0 bridgehead atoms. The van der Waals surface area contributed by atoms with Crippen molar-refractivity contribution in [3.63, 3.8) is 0 Å². The molecule has 21 heavy (non-hydrogen) atoms. The third-order valence-electron chi connectivity index (χ3n) is 2.75. The van der Waals surface area contributed by atoms with Gasteiger partial charge in [-0.1, -0.05) is 11.3 Å². The number of halogens is 1. The lowest BCUT2D eigenvalue weighted by atomic mass is 10.2. The smallest absolute Gasteiger partial charge is 0.274 e. The highest BCUT2D eigenvalue weighted by Gasteiger charge is 2.19. The molecular formula is C12H11BrN4O3S. The van der Waals surface area contributed by atoms with Crippen molar-refractivity contribution in [3.05, 3.63) is 42.9 Å². The molecule has 1 amide bonds. The summed E-state index contributed by atoms with van der Waals surface area (Å²) in [5.41, 5.74) is 6.84. The van der Waals surface area contributed by atoms with E-state index in [0.717, 1.165) is 11.3 Å². The van der Waals surface area contributed by atoms with Crippen LogP contribution in [0.5, 0.6) is 0 Å². The van der Waals surface area contributed by atoms with Crippen molar-refractivity contribution >= 4 is 49.7 Å². The molecule has 0 radical (unpaired) electrons. The fourth-order valence-electron chi connectivity index (χ4n) is 1.76. The van der Waals surface area contributed by atoms with E-state index >= 15 is 0 Å². The molecule has 110 valence electrons. The van der Waals surface area contributed by atoms with E-state index in [1.54, 1.807) is 19.9 Å². The Balaban J connectivity index is 2.35. The topological polar surface area (TPSA) is 111 Å². The van der Waals surface area contributed by atoms with Crippen molar-refractivity contribution in [1.29, 1.82) is 0 Å². The predicted octanol–water partition coefficient (Wildman–Crippen LogP) is 3.27. The average Bonchev–Trinajstić information content (AvgIpc) is 2.71. The van der Waals surface area contributed by atoms with Crippen LogP contribution in [0.3, 0.4) is 0 Å². The number of thiazole rings is 1. The van der Waals surface area contributed by atoms with Crippen LogP contribution in [0.25, 0.3) is 0 Å². The Morgan fingerprint density at radius 1 is 1.48 bits per heavy atom. The molecule has 0 saturated heterocycles. The van der Waals surface area contributed by atoms with E-state index in [9.17, 15) is 14.9 Å². The van der Waals surface area contributed by atoms with Crippen molar-refractivity contribution in [2.75, 3.05) is 11.1 Å². The van der Waals surface area contributed by atoms with Crippen LogP contribution in [0.2, 0.25) is 0 Å². The maximum atomic E-state index is 12.2. The van der Waals surface area contributed by atoms with Crippen molar-refractivity contribution < 1.29 is 9.72 Å². The number of nitrogen functional groups attached to an aromatic ring is 1. The van der Waals surface area contributed by atoms with Crippen LogP contribution in [-0.4, -0.2) is 15.8 Å². The van der Waals surface area contributed by atoms with Crippen LogP contribution in [-0.2, 0) is 0 Å². The Morgan fingerprint density at radius 2 is 2.14 bits per heavy atom. The molecule has 0 saturated carbocycles. The lowest BCUT2D eigenvalue weighted by Crippen LogP contribution is -2.12. The molecule has 1 heterocycles. The summed E-state index contributed by atoms with van der Waals surface area (Å²) in [5, 5.41) is 13.9. The van der Waals surface area contributed by atoms with Gasteiger partial charge in [0.2, 0.25) is 0 Å². The molecule has 1 aromatic heterocycles. The molecule has 2 aromatic rings. The van der Waals surface area contributed by atoms with Gasteiger partial charge in [-0.3, -0.25) is 14.9 Å². The summed E-state index contributed by atoms with van der Waals surface area (Å²) in [6.07, 6.45) is 0. The van der Waals surface area contributed by atoms with Crippen molar-refractivity contribution in [1.82, 2.24) is 4.98 Å². The predicted molar refractivity (Wildman–Crippen MR) is 84.8 cm³/mol. The van der Waals surface area contributed by atoms with Crippen LogP contribution < -0.4 is 11.1 Å². The number of carbonyl (C=O) groups is 1. The van der Waals surface area contributed by atoms with Crippen LogP contribution in [0, 0.1) is 24.0 Å². The molecule has 0 spiro atoms. The number of hydrogen-bond acceptors (Lipinski definition) is 6. The molecule has 0 aliphatic rings. The molecule has 2 rings (SSSR count). The fourth-order valence-corrected chi connectivity index (χ4v) is 3.05. The molecule has 0 aliphatic heterocycles. The number of aryl methyl sites for hydroxylation is 2. The Hall–Kier alpha value is -2.00. The molecule has 0 aliphatic carbocycles. The summed E-state index contributed by atoms with van der Waals surface area (Å²) < 4.78 is 0.564. The van der Waals surface area contributed by atoms with Gasteiger partial charge in [0.05, 0.1) is 16.3 Å². The van der Waals surface area contributed by atoms with Crippen LogP contribution in [0.15, 0.2) is 16.6 Å². The number of hydrogen-bond donors (Lipinski definition) is 2. The Bertz CT molecular complexity index is 744. The van der Waals surface area contributed by atoms with E-state index in [1.807, 2.05) is 0 Å². The van der Waals surface area contributed by atoms with Crippen molar-refractivity contribution in [2.45, 2.75) is 13.8 Å². The molecule has 9 heteroatoms. The Kier molecular flexibility index (Phi) is 4.24. The third kappa shape index (κ3) is 3.19. The molecular weight excluding hydrogens is 360 g/mol. The van der Waals surface area contributed by atoms with Crippen molar-refractivity contribution in [2.24, 2.45) is 0 Å². The first kappa shape index (κ1) is 15.4. The number of rotatable bonds is 3. The lowest BCUT2D eigenvalue weighted by Gasteiger charge is -2.08. The monoisotopic (exact) mass is 370 g/mol. The zero-order valence-corrected chi connectivity index (χ0v) is 13.5. The SMILES string of the molecule is Cc1cc(Br)c(NC(=O)c2sc(N)nc2C)cc1[N+](=O)[O-].